The van der Waals surface area contributed by atoms with E-state index in [9.17, 15) is 0 Å². The minimum absolute atomic E-state index is 0.190. The van der Waals surface area contributed by atoms with Crippen LogP contribution in [0.15, 0.2) is 194 Å². The van der Waals surface area contributed by atoms with E-state index in [4.69, 9.17) is 0 Å². The molecule has 0 saturated carbocycles. The quantitative estimate of drug-likeness (QED) is 0.151. The molecule has 8 aromatic carbocycles. The number of rotatable bonds is 8. The van der Waals surface area contributed by atoms with Crippen LogP contribution < -0.4 is 4.90 Å². The average molecular weight is 728 g/mol. The Kier molecular flexibility index (Phi) is 8.32. The van der Waals surface area contributed by atoms with Gasteiger partial charge in [-0.1, -0.05) is 140 Å². The lowest BCUT2D eigenvalue weighted by atomic mass is 9.77. The predicted octanol–water partition coefficient (Wildman–Crippen LogP) is 15.5. The molecule has 10 aromatic rings. The van der Waals surface area contributed by atoms with Crippen molar-refractivity contribution in [3.8, 4) is 11.1 Å². The number of nitrogens with zero attached hydrogens (tertiary/aromatic N) is 1. The molecule has 0 bridgehead atoms. The fraction of sp³-hybridized carbons (Fsp3) is 0.0588. The fourth-order valence-corrected chi connectivity index (χ4v) is 10.5. The van der Waals surface area contributed by atoms with Crippen LogP contribution in [-0.4, -0.2) is 0 Å². The highest BCUT2D eigenvalue weighted by atomic mass is 32.1. The summed E-state index contributed by atoms with van der Waals surface area (Å²) in [5.41, 5.74) is 9.93. The molecule has 2 atom stereocenters. The summed E-state index contributed by atoms with van der Waals surface area (Å²) in [5.74, 6) is 0.471. The van der Waals surface area contributed by atoms with Gasteiger partial charge in [0, 0.05) is 63.3 Å². The van der Waals surface area contributed by atoms with E-state index in [-0.39, 0.29) is 11.8 Å². The van der Waals surface area contributed by atoms with Gasteiger partial charge in [0.25, 0.3) is 0 Å². The molecule has 10 rings (SSSR count). The first-order chi connectivity index (χ1) is 26.7. The van der Waals surface area contributed by atoms with Crippen LogP contribution in [0, 0.1) is 0 Å². The maximum atomic E-state index is 2.44. The number of anilines is 3. The van der Waals surface area contributed by atoms with Gasteiger partial charge in [0.05, 0.1) is 0 Å². The topological polar surface area (TPSA) is 3.24 Å². The van der Waals surface area contributed by atoms with Gasteiger partial charge in [-0.15, -0.1) is 22.7 Å². The molecule has 258 valence electrons. The summed E-state index contributed by atoms with van der Waals surface area (Å²) in [5, 5.41) is 5.26. The Balaban J connectivity index is 1.17. The van der Waals surface area contributed by atoms with Gasteiger partial charge >= 0.3 is 0 Å². The van der Waals surface area contributed by atoms with Gasteiger partial charge in [-0.3, -0.25) is 0 Å². The Bertz CT molecular complexity index is 2890. The maximum Gasteiger partial charge on any atom is 0.0468 e. The van der Waals surface area contributed by atoms with Crippen molar-refractivity contribution in [3.05, 3.63) is 211 Å². The van der Waals surface area contributed by atoms with Gasteiger partial charge < -0.3 is 4.90 Å². The highest BCUT2D eigenvalue weighted by molar-refractivity contribution is 7.26. The Hall–Kier alpha value is -6.00. The third-order valence-corrected chi connectivity index (χ3v) is 13.2. The van der Waals surface area contributed by atoms with Crippen molar-refractivity contribution in [2.75, 3.05) is 4.90 Å². The standard InChI is InChI=1S/C51H37NS2/c1-34(35-14-5-2-6-15-35)50(38-18-9-4-10-19-38)43-21-13-23-49-51(43)45-33-41(29-31-48(45)54-49)52(39-26-24-37(25-27-39)36-16-7-3-8-17-36)40-28-30-47-44(32-40)42-20-11-12-22-46(42)53-47/h2-34,50H,1H3/t34?,50-/m0/s1. The van der Waals surface area contributed by atoms with Crippen LogP contribution in [0.25, 0.3) is 51.5 Å². The molecule has 2 aromatic heterocycles. The van der Waals surface area contributed by atoms with Crippen LogP contribution in [0.3, 0.4) is 0 Å². The number of thiophene rings is 2. The predicted molar refractivity (Wildman–Crippen MR) is 235 cm³/mol. The molecule has 0 saturated heterocycles. The highest BCUT2D eigenvalue weighted by Crippen LogP contribution is 2.48. The van der Waals surface area contributed by atoms with Crippen molar-refractivity contribution in [1.29, 1.82) is 0 Å². The maximum absolute atomic E-state index is 2.44. The number of fused-ring (bicyclic) bond motifs is 6. The zero-order valence-electron chi connectivity index (χ0n) is 29.9. The third kappa shape index (κ3) is 5.78. The van der Waals surface area contributed by atoms with Crippen LogP contribution in [0.1, 0.15) is 35.4 Å². The van der Waals surface area contributed by atoms with E-state index in [0.29, 0.717) is 0 Å². The molecule has 1 unspecified atom stereocenters. The van der Waals surface area contributed by atoms with Crippen molar-refractivity contribution >= 4 is 80.1 Å². The minimum atomic E-state index is 0.190. The Morgan fingerprint density at radius 2 is 0.907 bits per heavy atom. The summed E-state index contributed by atoms with van der Waals surface area (Å²) in [6.45, 7) is 2.39. The number of hydrogen-bond acceptors (Lipinski definition) is 3. The first-order valence-electron chi connectivity index (χ1n) is 18.6. The fourth-order valence-electron chi connectivity index (χ4n) is 8.32. The molecule has 54 heavy (non-hydrogen) atoms. The summed E-state index contributed by atoms with van der Waals surface area (Å²) < 4.78 is 5.26. The third-order valence-electron chi connectivity index (χ3n) is 10.9. The van der Waals surface area contributed by atoms with E-state index in [0.717, 1.165) is 17.1 Å². The molecular weight excluding hydrogens is 691 g/mol. The SMILES string of the molecule is CC(c1ccccc1)[C@@H](c1ccccc1)c1cccc2sc3ccc(N(c4ccc(-c5ccccc5)cc4)c4ccc5sc6ccccc6c5c4)cc3c12. The average Bonchev–Trinajstić information content (AvgIpc) is 3.81. The van der Waals surface area contributed by atoms with E-state index in [1.165, 1.54) is 68.2 Å². The van der Waals surface area contributed by atoms with Crippen LogP contribution in [0.2, 0.25) is 0 Å². The van der Waals surface area contributed by atoms with Gasteiger partial charge in [0.1, 0.15) is 0 Å². The molecule has 0 fully saturated rings. The highest BCUT2D eigenvalue weighted by Gasteiger charge is 2.26. The lowest BCUT2D eigenvalue weighted by Gasteiger charge is -2.27. The molecule has 2 heterocycles. The second-order valence-corrected chi connectivity index (χ2v) is 16.3. The first kappa shape index (κ1) is 32.6. The molecular formula is C51H37NS2. The van der Waals surface area contributed by atoms with Gasteiger partial charge in [0.2, 0.25) is 0 Å². The second-order valence-electron chi connectivity index (χ2n) is 14.1. The van der Waals surface area contributed by atoms with Gasteiger partial charge in [0.15, 0.2) is 0 Å². The zero-order chi connectivity index (χ0) is 36.0. The Morgan fingerprint density at radius 1 is 0.389 bits per heavy atom. The lowest BCUT2D eigenvalue weighted by molar-refractivity contribution is 0.662. The van der Waals surface area contributed by atoms with Crippen molar-refractivity contribution in [2.24, 2.45) is 0 Å². The summed E-state index contributed by atoms with van der Waals surface area (Å²) >= 11 is 3.76. The van der Waals surface area contributed by atoms with Crippen molar-refractivity contribution in [1.82, 2.24) is 0 Å². The van der Waals surface area contributed by atoms with Crippen LogP contribution in [0.5, 0.6) is 0 Å². The Morgan fingerprint density at radius 3 is 1.63 bits per heavy atom. The van der Waals surface area contributed by atoms with Crippen molar-refractivity contribution in [3.63, 3.8) is 0 Å². The van der Waals surface area contributed by atoms with E-state index in [1.54, 1.807) is 0 Å². The van der Waals surface area contributed by atoms with Gasteiger partial charge in [-0.05, 0) is 94.4 Å². The largest absolute Gasteiger partial charge is 0.310 e. The molecule has 1 nitrogen and oxygen atoms in total. The van der Waals surface area contributed by atoms with Crippen LogP contribution in [-0.2, 0) is 0 Å². The van der Waals surface area contributed by atoms with Crippen molar-refractivity contribution < 1.29 is 0 Å². The van der Waals surface area contributed by atoms with Crippen LogP contribution in [0.4, 0.5) is 17.1 Å². The molecule has 0 amide bonds. The van der Waals surface area contributed by atoms with E-state index >= 15 is 0 Å². The normalized spacial score (nSPS) is 12.8. The minimum Gasteiger partial charge on any atom is -0.310 e. The monoisotopic (exact) mass is 727 g/mol. The van der Waals surface area contributed by atoms with E-state index in [1.807, 2.05) is 22.7 Å². The molecule has 0 N–H and O–H groups in total. The summed E-state index contributed by atoms with van der Waals surface area (Å²) in [7, 11) is 0. The molecule has 0 aliphatic heterocycles. The summed E-state index contributed by atoms with van der Waals surface area (Å²) in [6, 6.07) is 71.5. The van der Waals surface area contributed by atoms with E-state index < -0.39 is 0 Å². The zero-order valence-corrected chi connectivity index (χ0v) is 31.5. The molecule has 0 aliphatic carbocycles. The lowest BCUT2D eigenvalue weighted by Crippen LogP contribution is -2.11. The Labute approximate surface area is 324 Å². The van der Waals surface area contributed by atoms with Crippen LogP contribution >= 0.6 is 22.7 Å². The molecule has 3 heteroatoms. The molecule has 0 radical (unpaired) electrons. The van der Waals surface area contributed by atoms with Gasteiger partial charge in [-0.2, -0.15) is 0 Å². The number of hydrogen-bond donors (Lipinski definition) is 0. The summed E-state index contributed by atoms with van der Waals surface area (Å²) in [6.07, 6.45) is 0. The molecule has 0 aliphatic rings. The van der Waals surface area contributed by atoms with Crippen molar-refractivity contribution in [2.45, 2.75) is 18.8 Å². The first-order valence-corrected chi connectivity index (χ1v) is 20.2. The number of benzene rings is 8. The van der Waals surface area contributed by atoms with E-state index in [2.05, 4.69) is 206 Å². The van der Waals surface area contributed by atoms with Gasteiger partial charge in [-0.25, -0.2) is 0 Å². The molecule has 0 spiro atoms. The summed E-state index contributed by atoms with van der Waals surface area (Å²) in [4.78, 5) is 2.44. The second kappa shape index (κ2) is 13.8. The smallest absolute Gasteiger partial charge is 0.0468 e.